The van der Waals surface area contributed by atoms with Crippen LogP contribution in [0.3, 0.4) is 0 Å². The number of carbonyl (C=O) groups is 1. The number of benzene rings is 2. The van der Waals surface area contributed by atoms with E-state index in [2.05, 4.69) is 15.2 Å². The Morgan fingerprint density at radius 1 is 0.962 bits per heavy atom. The normalized spacial score (nSPS) is 14.4. The predicted molar refractivity (Wildman–Crippen MR) is 107 cm³/mol. The summed E-state index contributed by atoms with van der Waals surface area (Å²) in [5, 5.41) is 4.05. The summed E-state index contributed by atoms with van der Waals surface area (Å²) in [5.41, 5.74) is 4.49. The van der Waals surface area contributed by atoms with Crippen LogP contribution in [0.15, 0.2) is 54.6 Å². The molecule has 1 amide bonds. The number of aryl methyl sites for hydroxylation is 1. The van der Waals surface area contributed by atoms with E-state index in [0.717, 1.165) is 35.4 Å². The van der Waals surface area contributed by atoms with Crippen molar-refractivity contribution in [1.82, 2.24) is 4.98 Å². The van der Waals surface area contributed by atoms with Gasteiger partial charge in [-0.05, 0) is 68.7 Å². The van der Waals surface area contributed by atoms with Gasteiger partial charge in [0.2, 0.25) is 0 Å². The molecule has 4 nitrogen and oxygen atoms in total. The Labute approximate surface area is 153 Å². The van der Waals surface area contributed by atoms with Crippen molar-refractivity contribution in [1.29, 1.82) is 0 Å². The largest absolute Gasteiger partial charge is 0.372 e. The maximum Gasteiger partial charge on any atom is 0.255 e. The number of nitrogens with zero attached hydrogens (tertiary/aromatic N) is 2. The van der Waals surface area contributed by atoms with Gasteiger partial charge in [-0.2, -0.15) is 0 Å². The molecule has 2 aromatic carbocycles. The number of anilines is 2. The molecule has 0 saturated carbocycles. The minimum atomic E-state index is -0.0952. The Morgan fingerprint density at radius 3 is 2.46 bits per heavy atom. The summed E-state index contributed by atoms with van der Waals surface area (Å²) in [6.45, 7) is 4.18. The first-order chi connectivity index (χ1) is 12.7. The molecular formula is C22H23N3O. The molecule has 3 aromatic rings. The Hall–Kier alpha value is -2.88. The van der Waals surface area contributed by atoms with E-state index in [1.807, 2.05) is 61.5 Å². The van der Waals surface area contributed by atoms with Gasteiger partial charge in [-0.3, -0.25) is 9.78 Å². The lowest BCUT2D eigenvalue weighted by Crippen LogP contribution is -2.29. The molecule has 0 radical (unpaired) electrons. The van der Waals surface area contributed by atoms with Gasteiger partial charge in [0, 0.05) is 41.1 Å². The molecule has 1 saturated heterocycles. The topological polar surface area (TPSA) is 45.2 Å². The third kappa shape index (κ3) is 3.54. The highest BCUT2D eigenvalue weighted by atomic mass is 16.1. The zero-order chi connectivity index (χ0) is 17.9. The maximum atomic E-state index is 12.6. The fourth-order valence-electron chi connectivity index (χ4n) is 3.48. The Balaban J connectivity index is 1.49. The van der Waals surface area contributed by atoms with Crippen LogP contribution >= 0.6 is 0 Å². The van der Waals surface area contributed by atoms with Crippen molar-refractivity contribution in [2.24, 2.45) is 0 Å². The first-order valence-corrected chi connectivity index (χ1v) is 9.23. The lowest BCUT2D eigenvalue weighted by atomic mass is 10.1. The van der Waals surface area contributed by atoms with Crippen molar-refractivity contribution in [2.75, 3.05) is 23.3 Å². The summed E-state index contributed by atoms with van der Waals surface area (Å²) in [6.07, 6.45) is 3.81. The fourth-order valence-corrected chi connectivity index (χ4v) is 3.48. The Bertz CT molecular complexity index is 928. The number of nitrogens with one attached hydrogen (secondary N) is 1. The molecule has 1 N–H and O–H groups in total. The van der Waals surface area contributed by atoms with Gasteiger partial charge in [-0.15, -0.1) is 0 Å². The number of rotatable bonds is 3. The standard InChI is InChI=1S/C22H23N3O/c1-16-5-6-17-7-10-19(15-21(17)23-16)24-22(26)18-8-11-20(12-9-18)25-13-3-2-4-14-25/h5-12,15H,2-4,13-14H2,1H3,(H,24,26). The summed E-state index contributed by atoms with van der Waals surface area (Å²) >= 11 is 0. The summed E-state index contributed by atoms with van der Waals surface area (Å²) in [5.74, 6) is -0.0952. The van der Waals surface area contributed by atoms with Crippen LogP contribution in [-0.4, -0.2) is 24.0 Å². The molecule has 2 heterocycles. The molecular weight excluding hydrogens is 322 g/mol. The molecule has 1 aromatic heterocycles. The van der Waals surface area contributed by atoms with Gasteiger partial charge in [-0.1, -0.05) is 12.1 Å². The molecule has 132 valence electrons. The van der Waals surface area contributed by atoms with E-state index in [1.165, 1.54) is 24.9 Å². The molecule has 0 atom stereocenters. The number of pyridine rings is 1. The zero-order valence-corrected chi connectivity index (χ0v) is 15.0. The third-order valence-corrected chi connectivity index (χ3v) is 4.94. The minimum Gasteiger partial charge on any atom is -0.372 e. The highest BCUT2D eigenvalue weighted by Gasteiger charge is 2.12. The van der Waals surface area contributed by atoms with Gasteiger partial charge in [0.05, 0.1) is 5.52 Å². The SMILES string of the molecule is Cc1ccc2ccc(NC(=O)c3ccc(N4CCCCC4)cc3)cc2n1. The van der Waals surface area contributed by atoms with Crippen LogP contribution in [0.1, 0.15) is 35.3 Å². The lowest BCUT2D eigenvalue weighted by Gasteiger charge is -2.28. The molecule has 1 aliphatic rings. The summed E-state index contributed by atoms with van der Waals surface area (Å²) in [6, 6.07) is 17.8. The summed E-state index contributed by atoms with van der Waals surface area (Å²) in [4.78, 5) is 19.5. The Morgan fingerprint density at radius 2 is 1.69 bits per heavy atom. The number of fused-ring (bicyclic) bond motifs is 1. The van der Waals surface area contributed by atoms with Crippen LogP contribution in [-0.2, 0) is 0 Å². The van der Waals surface area contributed by atoms with Crippen LogP contribution in [0.5, 0.6) is 0 Å². The predicted octanol–water partition coefficient (Wildman–Crippen LogP) is 4.79. The number of piperidine rings is 1. The highest BCUT2D eigenvalue weighted by molar-refractivity contribution is 6.05. The number of aromatic nitrogens is 1. The minimum absolute atomic E-state index is 0.0952. The zero-order valence-electron chi connectivity index (χ0n) is 15.0. The van der Waals surface area contributed by atoms with Crippen molar-refractivity contribution in [2.45, 2.75) is 26.2 Å². The average Bonchev–Trinajstić information content (AvgIpc) is 2.68. The summed E-state index contributed by atoms with van der Waals surface area (Å²) < 4.78 is 0. The van der Waals surface area contributed by atoms with Crippen molar-refractivity contribution in [3.63, 3.8) is 0 Å². The van der Waals surface area contributed by atoms with Crippen molar-refractivity contribution >= 4 is 28.2 Å². The van der Waals surface area contributed by atoms with Crippen molar-refractivity contribution in [3.05, 3.63) is 65.9 Å². The molecule has 0 spiro atoms. The molecule has 0 unspecified atom stereocenters. The molecule has 1 aliphatic heterocycles. The highest BCUT2D eigenvalue weighted by Crippen LogP contribution is 2.22. The van der Waals surface area contributed by atoms with E-state index in [9.17, 15) is 4.79 Å². The molecule has 1 fully saturated rings. The number of hydrogen-bond acceptors (Lipinski definition) is 3. The monoisotopic (exact) mass is 345 g/mol. The Kier molecular flexibility index (Phi) is 4.57. The quantitative estimate of drug-likeness (QED) is 0.742. The van der Waals surface area contributed by atoms with E-state index < -0.39 is 0 Å². The molecule has 0 aliphatic carbocycles. The maximum absolute atomic E-state index is 12.6. The van der Waals surface area contributed by atoms with Gasteiger partial charge >= 0.3 is 0 Å². The van der Waals surface area contributed by atoms with Gasteiger partial charge in [0.1, 0.15) is 0 Å². The number of carbonyl (C=O) groups excluding carboxylic acids is 1. The van der Waals surface area contributed by atoms with Crippen LogP contribution in [0.2, 0.25) is 0 Å². The van der Waals surface area contributed by atoms with E-state index in [0.29, 0.717) is 5.56 Å². The average molecular weight is 345 g/mol. The van der Waals surface area contributed by atoms with E-state index >= 15 is 0 Å². The first-order valence-electron chi connectivity index (χ1n) is 9.23. The second kappa shape index (κ2) is 7.16. The molecule has 4 rings (SSSR count). The summed E-state index contributed by atoms with van der Waals surface area (Å²) in [7, 11) is 0. The second-order valence-corrected chi connectivity index (χ2v) is 6.91. The van der Waals surface area contributed by atoms with E-state index in [-0.39, 0.29) is 5.91 Å². The lowest BCUT2D eigenvalue weighted by molar-refractivity contribution is 0.102. The second-order valence-electron chi connectivity index (χ2n) is 6.91. The van der Waals surface area contributed by atoms with Gasteiger partial charge in [0.15, 0.2) is 0 Å². The smallest absolute Gasteiger partial charge is 0.255 e. The van der Waals surface area contributed by atoms with Crippen LogP contribution in [0.4, 0.5) is 11.4 Å². The van der Waals surface area contributed by atoms with Gasteiger partial charge in [-0.25, -0.2) is 0 Å². The van der Waals surface area contributed by atoms with Crippen LogP contribution in [0, 0.1) is 6.92 Å². The van der Waals surface area contributed by atoms with Crippen LogP contribution < -0.4 is 10.2 Å². The van der Waals surface area contributed by atoms with E-state index in [4.69, 9.17) is 0 Å². The third-order valence-electron chi connectivity index (χ3n) is 4.94. The van der Waals surface area contributed by atoms with Crippen molar-refractivity contribution in [3.8, 4) is 0 Å². The van der Waals surface area contributed by atoms with Gasteiger partial charge < -0.3 is 10.2 Å². The van der Waals surface area contributed by atoms with E-state index in [1.54, 1.807) is 0 Å². The van der Waals surface area contributed by atoms with Crippen molar-refractivity contribution < 1.29 is 4.79 Å². The van der Waals surface area contributed by atoms with Gasteiger partial charge in [0.25, 0.3) is 5.91 Å². The number of hydrogen-bond donors (Lipinski definition) is 1. The number of amides is 1. The van der Waals surface area contributed by atoms with Crippen LogP contribution in [0.25, 0.3) is 10.9 Å². The fraction of sp³-hybridized carbons (Fsp3) is 0.273. The first kappa shape index (κ1) is 16.6. The molecule has 4 heteroatoms. The molecule has 0 bridgehead atoms. The molecule has 26 heavy (non-hydrogen) atoms.